The molecule has 0 atom stereocenters. The molecule has 0 bridgehead atoms. The van der Waals surface area contributed by atoms with E-state index in [2.05, 4.69) is 20.6 Å². The lowest BCUT2D eigenvalue weighted by molar-refractivity contribution is 0.321. The topological polar surface area (TPSA) is 95.6 Å². The van der Waals surface area contributed by atoms with E-state index in [0.717, 1.165) is 23.0 Å². The Morgan fingerprint density at radius 2 is 1.94 bits per heavy atom. The van der Waals surface area contributed by atoms with Gasteiger partial charge in [-0.15, -0.1) is 0 Å². The number of hydrogen-bond donors (Lipinski definition) is 3. The highest BCUT2D eigenvalue weighted by atomic mass is 32.2. The minimum atomic E-state index is -3.21. The van der Waals surface area contributed by atoms with Crippen molar-refractivity contribution in [2.75, 3.05) is 32.5 Å². The Bertz CT molecular complexity index is 1140. The van der Waals surface area contributed by atoms with Crippen LogP contribution in [0, 0.1) is 5.82 Å². The molecule has 0 aliphatic carbocycles. The van der Waals surface area contributed by atoms with E-state index in [0.29, 0.717) is 37.8 Å². The molecule has 0 amide bonds. The van der Waals surface area contributed by atoms with Crippen LogP contribution in [-0.2, 0) is 16.3 Å². The van der Waals surface area contributed by atoms with Crippen LogP contribution in [0.15, 0.2) is 58.5 Å². The third-order valence-corrected chi connectivity index (χ3v) is 5.77. The first-order valence-electron chi connectivity index (χ1n) is 10.1. The second-order valence-electron chi connectivity index (χ2n) is 7.03. The molecule has 0 fully saturated rings. The lowest BCUT2D eigenvalue weighted by atomic mass is 10.1. The Morgan fingerprint density at radius 1 is 1.16 bits per heavy atom. The van der Waals surface area contributed by atoms with Crippen LogP contribution < -0.4 is 15.4 Å². The first-order chi connectivity index (χ1) is 14.9. The number of aliphatic imine (C=N–C) groups is 1. The number of aromatic amines is 1. The van der Waals surface area contributed by atoms with Crippen LogP contribution in [0.2, 0.25) is 0 Å². The van der Waals surface area contributed by atoms with Gasteiger partial charge in [0.15, 0.2) is 15.8 Å². The lowest BCUT2D eigenvalue weighted by Gasteiger charge is -2.12. The Balaban J connectivity index is 1.48. The summed E-state index contributed by atoms with van der Waals surface area (Å²) < 4.78 is 42.1. The van der Waals surface area contributed by atoms with Gasteiger partial charge < -0.3 is 20.4 Å². The molecule has 0 saturated carbocycles. The fourth-order valence-electron chi connectivity index (χ4n) is 3.11. The van der Waals surface area contributed by atoms with E-state index in [9.17, 15) is 12.8 Å². The number of hydrogen-bond acceptors (Lipinski definition) is 4. The Hall–Kier alpha value is -3.07. The van der Waals surface area contributed by atoms with Crippen molar-refractivity contribution in [3.05, 3.63) is 60.0 Å². The fourth-order valence-corrected chi connectivity index (χ4v) is 3.74. The SMILES string of the molecule is CCNC(=NCCc1c[nH]c2ccc(F)cc12)NCCOc1ccc(S(C)(=O)=O)cc1. The number of nitrogens with zero attached hydrogens (tertiary/aromatic N) is 1. The minimum absolute atomic E-state index is 0.252. The van der Waals surface area contributed by atoms with E-state index < -0.39 is 9.84 Å². The van der Waals surface area contributed by atoms with Crippen LogP contribution in [-0.4, -0.2) is 51.9 Å². The summed E-state index contributed by atoms with van der Waals surface area (Å²) in [5, 5.41) is 7.26. The quantitative estimate of drug-likeness (QED) is 0.267. The average molecular weight is 447 g/mol. The third kappa shape index (κ3) is 6.45. The van der Waals surface area contributed by atoms with E-state index in [-0.39, 0.29) is 10.7 Å². The number of nitrogens with one attached hydrogen (secondary N) is 3. The molecular formula is C22H27FN4O3S. The van der Waals surface area contributed by atoms with Crippen molar-refractivity contribution in [3.8, 4) is 5.75 Å². The molecule has 0 aliphatic rings. The fraction of sp³-hybridized carbons (Fsp3) is 0.318. The molecule has 1 heterocycles. The largest absolute Gasteiger partial charge is 0.492 e. The maximum Gasteiger partial charge on any atom is 0.191 e. The van der Waals surface area contributed by atoms with Crippen molar-refractivity contribution in [3.63, 3.8) is 0 Å². The highest BCUT2D eigenvalue weighted by Crippen LogP contribution is 2.20. The molecule has 0 radical (unpaired) electrons. The number of aromatic nitrogens is 1. The zero-order valence-electron chi connectivity index (χ0n) is 17.6. The van der Waals surface area contributed by atoms with Gasteiger partial charge in [0.1, 0.15) is 18.2 Å². The van der Waals surface area contributed by atoms with E-state index in [4.69, 9.17) is 4.74 Å². The second kappa shape index (κ2) is 10.3. The van der Waals surface area contributed by atoms with Crippen molar-refractivity contribution >= 4 is 26.7 Å². The molecule has 0 spiro atoms. The smallest absolute Gasteiger partial charge is 0.191 e. The zero-order valence-corrected chi connectivity index (χ0v) is 18.4. The number of benzene rings is 2. The predicted octanol–water partition coefficient (Wildman–Crippen LogP) is 2.89. The van der Waals surface area contributed by atoms with Gasteiger partial charge >= 0.3 is 0 Å². The van der Waals surface area contributed by atoms with Gasteiger partial charge in [-0.3, -0.25) is 4.99 Å². The van der Waals surface area contributed by atoms with Gasteiger partial charge in [-0.25, -0.2) is 12.8 Å². The van der Waals surface area contributed by atoms with Crippen molar-refractivity contribution in [1.82, 2.24) is 15.6 Å². The van der Waals surface area contributed by atoms with Gasteiger partial charge in [0.25, 0.3) is 0 Å². The van der Waals surface area contributed by atoms with Crippen LogP contribution >= 0.6 is 0 Å². The second-order valence-corrected chi connectivity index (χ2v) is 9.05. The molecule has 3 rings (SSSR count). The van der Waals surface area contributed by atoms with Crippen LogP contribution in [0.25, 0.3) is 10.9 Å². The number of H-pyrrole nitrogens is 1. The van der Waals surface area contributed by atoms with Crippen molar-refractivity contribution in [1.29, 1.82) is 0 Å². The van der Waals surface area contributed by atoms with Crippen molar-refractivity contribution in [2.45, 2.75) is 18.2 Å². The molecular weight excluding hydrogens is 419 g/mol. The van der Waals surface area contributed by atoms with Gasteiger partial charge in [-0.1, -0.05) is 0 Å². The molecule has 3 N–H and O–H groups in total. The summed E-state index contributed by atoms with van der Waals surface area (Å²) >= 11 is 0. The molecule has 9 heteroatoms. The monoisotopic (exact) mass is 446 g/mol. The molecule has 1 aromatic heterocycles. The van der Waals surface area contributed by atoms with Crippen molar-refractivity contribution in [2.24, 2.45) is 4.99 Å². The number of fused-ring (bicyclic) bond motifs is 1. The number of ether oxygens (including phenoxy) is 1. The number of guanidine groups is 1. The molecule has 2 aromatic carbocycles. The van der Waals surface area contributed by atoms with E-state index in [1.54, 1.807) is 18.2 Å². The van der Waals surface area contributed by atoms with Gasteiger partial charge in [-0.05, 0) is 61.4 Å². The highest BCUT2D eigenvalue weighted by molar-refractivity contribution is 7.90. The zero-order chi connectivity index (χ0) is 22.3. The Morgan fingerprint density at radius 3 is 2.65 bits per heavy atom. The van der Waals surface area contributed by atoms with Crippen LogP contribution in [0.5, 0.6) is 5.75 Å². The molecule has 31 heavy (non-hydrogen) atoms. The molecule has 0 unspecified atom stereocenters. The summed E-state index contributed by atoms with van der Waals surface area (Å²) in [6.07, 6.45) is 3.75. The van der Waals surface area contributed by atoms with Gasteiger partial charge in [-0.2, -0.15) is 0 Å². The molecule has 7 nitrogen and oxygen atoms in total. The first kappa shape index (κ1) is 22.6. The van der Waals surface area contributed by atoms with Crippen LogP contribution in [0.4, 0.5) is 4.39 Å². The Labute approximate surface area is 181 Å². The maximum absolute atomic E-state index is 13.5. The summed E-state index contributed by atoms with van der Waals surface area (Å²) in [6.45, 7) is 4.17. The molecule has 166 valence electrons. The number of halogens is 1. The molecule has 0 aliphatic heterocycles. The van der Waals surface area contributed by atoms with E-state index in [1.165, 1.54) is 30.5 Å². The summed E-state index contributed by atoms with van der Waals surface area (Å²) in [7, 11) is -3.21. The standard InChI is InChI=1S/C22H27FN4O3S/c1-3-24-22(25-11-10-16-15-27-21-9-4-17(23)14-20(16)21)26-12-13-30-18-5-7-19(8-6-18)31(2,28)29/h4-9,14-15,27H,3,10-13H2,1-2H3,(H2,24,25,26). The van der Waals surface area contributed by atoms with E-state index in [1.807, 2.05) is 13.1 Å². The molecule has 0 saturated heterocycles. The predicted molar refractivity (Wildman–Crippen MR) is 121 cm³/mol. The lowest BCUT2D eigenvalue weighted by Crippen LogP contribution is -2.39. The summed E-state index contributed by atoms with van der Waals surface area (Å²) in [6, 6.07) is 11.0. The van der Waals surface area contributed by atoms with Gasteiger partial charge in [0.05, 0.1) is 11.4 Å². The summed E-state index contributed by atoms with van der Waals surface area (Å²) in [4.78, 5) is 7.98. The summed E-state index contributed by atoms with van der Waals surface area (Å²) in [5.41, 5.74) is 1.93. The van der Waals surface area contributed by atoms with Crippen molar-refractivity contribution < 1.29 is 17.5 Å². The third-order valence-electron chi connectivity index (χ3n) is 4.64. The maximum atomic E-state index is 13.5. The normalized spacial score (nSPS) is 12.2. The van der Waals surface area contributed by atoms with Crippen LogP contribution in [0.1, 0.15) is 12.5 Å². The number of sulfone groups is 1. The average Bonchev–Trinajstić information content (AvgIpc) is 3.13. The van der Waals surface area contributed by atoms with Gasteiger partial charge in [0.2, 0.25) is 0 Å². The van der Waals surface area contributed by atoms with Gasteiger partial charge in [0, 0.05) is 36.4 Å². The minimum Gasteiger partial charge on any atom is -0.492 e. The number of rotatable bonds is 9. The van der Waals surface area contributed by atoms with E-state index >= 15 is 0 Å². The summed E-state index contributed by atoms with van der Waals surface area (Å²) in [5.74, 6) is 1.02. The molecule has 3 aromatic rings. The highest BCUT2D eigenvalue weighted by Gasteiger charge is 2.07. The van der Waals surface area contributed by atoms with Crippen LogP contribution in [0.3, 0.4) is 0 Å². The Kier molecular flexibility index (Phi) is 7.51. The first-order valence-corrected chi connectivity index (χ1v) is 12.0.